The molecule has 0 amide bonds. The Morgan fingerprint density at radius 1 is 1.05 bits per heavy atom. The van der Waals surface area contributed by atoms with Gasteiger partial charge in [-0.1, -0.05) is 31.9 Å². The summed E-state index contributed by atoms with van der Waals surface area (Å²) < 4.78 is 6.08. The second kappa shape index (κ2) is 4.37. The van der Waals surface area contributed by atoms with E-state index in [1.54, 1.807) is 5.57 Å². The highest BCUT2D eigenvalue weighted by molar-refractivity contribution is 5.26. The Morgan fingerprint density at radius 3 is 2.52 bits per heavy atom. The second-order valence-electron chi connectivity index (χ2n) is 9.37. The summed E-state index contributed by atoms with van der Waals surface area (Å²) >= 11 is 0. The van der Waals surface area contributed by atoms with Gasteiger partial charge in [-0.25, -0.2) is 0 Å². The highest BCUT2D eigenvalue weighted by atomic mass is 16.6. The first-order valence-electron chi connectivity index (χ1n) is 9.20. The van der Waals surface area contributed by atoms with Gasteiger partial charge in [0, 0.05) is 0 Å². The number of fused-ring (bicyclic) bond motifs is 4. The van der Waals surface area contributed by atoms with E-state index < -0.39 is 0 Å². The summed E-state index contributed by atoms with van der Waals surface area (Å²) in [4.78, 5) is 0. The van der Waals surface area contributed by atoms with E-state index in [2.05, 4.69) is 27.7 Å². The summed E-state index contributed by atoms with van der Waals surface area (Å²) in [5.74, 6) is 1.70. The van der Waals surface area contributed by atoms with Crippen LogP contribution in [0.1, 0.15) is 79.1 Å². The molecular formula is C20H32O. The van der Waals surface area contributed by atoms with Crippen molar-refractivity contribution in [1.82, 2.24) is 0 Å². The van der Waals surface area contributed by atoms with E-state index in [4.69, 9.17) is 4.74 Å². The van der Waals surface area contributed by atoms with Crippen LogP contribution in [0.2, 0.25) is 0 Å². The van der Waals surface area contributed by atoms with Crippen LogP contribution in [-0.4, -0.2) is 12.2 Å². The number of allylic oxidation sites excluding steroid dienone is 2. The monoisotopic (exact) mass is 288 g/mol. The second-order valence-corrected chi connectivity index (χ2v) is 9.37. The first-order valence-corrected chi connectivity index (χ1v) is 9.20. The Kier molecular flexibility index (Phi) is 2.98. The zero-order chi connectivity index (χ0) is 14.9. The molecule has 1 saturated heterocycles. The van der Waals surface area contributed by atoms with E-state index in [1.165, 1.54) is 51.4 Å². The van der Waals surface area contributed by atoms with Crippen molar-refractivity contribution in [1.29, 1.82) is 0 Å². The van der Waals surface area contributed by atoms with Crippen LogP contribution in [0.4, 0.5) is 0 Å². The molecule has 1 nitrogen and oxygen atoms in total. The van der Waals surface area contributed by atoms with Gasteiger partial charge in [-0.05, 0) is 81.0 Å². The average molecular weight is 288 g/mol. The summed E-state index contributed by atoms with van der Waals surface area (Å²) in [5.41, 5.74) is 4.79. The van der Waals surface area contributed by atoms with Crippen LogP contribution in [0.5, 0.6) is 0 Å². The SMILES string of the molecule is CC1=C2CC[C@]3(C)CCC[C@]4(CO4)[C@H]3C[C@H](CC1)C2(C)C. The summed E-state index contributed by atoms with van der Waals surface area (Å²) in [6.07, 6.45) is 11.1. The minimum atomic E-state index is 0.302. The fraction of sp³-hybridized carbons (Fsp3) is 0.900. The average Bonchev–Trinajstić information content (AvgIpc) is 3.16. The van der Waals surface area contributed by atoms with Crippen LogP contribution in [0.25, 0.3) is 0 Å². The van der Waals surface area contributed by atoms with Gasteiger partial charge < -0.3 is 4.74 Å². The molecule has 21 heavy (non-hydrogen) atoms. The molecule has 1 spiro atoms. The Balaban J connectivity index is 1.73. The number of ether oxygens (including phenoxy) is 1. The molecule has 4 atom stereocenters. The molecule has 2 bridgehead atoms. The maximum atomic E-state index is 6.08. The lowest BCUT2D eigenvalue weighted by atomic mass is 9.51. The van der Waals surface area contributed by atoms with E-state index in [0.717, 1.165) is 18.4 Å². The van der Waals surface area contributed by atoms with Crippen LogP contribution >= 0.6 is 0 Å². The molecule has 1 heteroatoms. The summed E-state index contributed by atoms with van der Waals surface area (Å²) in [5, 5.41) is 0. The first-order chi connectivity index (χ1) is 9.87. The van der Waals surface area contributed by atoms with Gasteiger partial charge in [-0.2, -0.15) is 0 Å². The molecule has 0 unspecified atom stereocenters. The van der Waals surface area contributed by atoms with Crippen LogP contribution in [0, 0.1) is 22.7 Å². The lowest BCUT2D eigenvalue weighted by Gasteiger charge is -2.53. The van der Waals surface area contributed by atoms with Gasteiger partial charge in [0.1, 0.15) is 0 Å². The van der Waals surface area contributed by atoms with Crippen LogP contribution < -0.4 is 0 Å². The van der Waals surface area contributed by atoms with Crippen LogP contribution in [0.3, 0.4) is 0 Å². The zero-order valence-electron chi connectivity index (χ0n) is 14.4. The van der Waals surface area contributed by atoms with Crippen molar-refractivity contribution < 1.29 is 4.74 Å². The van der Waals surface area contributed by atoms with Crippen molar-refractivity contribution in [3.8, 4) is 0 Å². The van der Waals surface area contributed by atoms with Gasteiger partial charge in [-0.15, -0.1) is 0 Å². The van der Waals surface area contributed by atoms with E-state index in [-0.39, 0.29) is 0 Å². The summed E-state index contributed by atoms with van der Waals surface area (Å²) in [6, 6.07) is 0. The third kappa shape index (κ3) is 1.99. The molecule has 3 aliphatic carbocycles. The lowest BCUT2D eigenvalue weighted by molar-refractivity contribution is -0.0178. The van der Waals surface area contributed by atoms with Crippen molar-refractivity contribution in [2.75, 3.05) is 6.61 Å². The van der Waals surface area contributed by atoms with Crippen molar-refractivity contribution in [3.05, 3.63) is 11.1 Å². The van der Waals surface area contributed by atoms with Crippen molar-refractivity contribution in [2.24, 2.45) is 22.7 Å². The number of hydrogen-bond donors (Lipinski definition) is 0. The maximum absolute atomic E-state index is 6.08. The maximum Gasteiger partial charge on any atom is 0.0949 e. The van der Waals surface area contributed by atoms with Crippen molar-refractivity contribution in [2.45, 2.75) is 84.7 Å². The van der Waals surface area contributed by atoms with E-state index in [0.29, 0.717) is 16.4 Å². The molecule has 3 fully saturated rings. The molecule has 4 aliphatic rings. The predicted molar refractivity (Wildman–Crippen MR) is 87.2 cm³/mol. The molecule has 0 N–H and O–H groups in total. The zero-order valence-corrected chi connectivity index (χ0v) is 14.4. The fourth-order valence-electron chi connectivity index (χ4n) is 6.35. The summed E-state index contributed by atoms with van der Waals surface area (Å²) in [6.45, 7) is 11.1. The van der Waals surface area contributed by atoms with E-state index in [9.17, 15) is 0 Å². The number of hydrogen-bond acceptors (Lipinski definition) is 1. The topological polar surface area (TPSA) is 12.5 Å². The Labute approximate surface area is 130 Å². The molecule has 4 rings (SSSR count). The predicted octanol–water partition coefficient (Wildman–Crippen LogP) is 5.50. The highest BCUT2D eigenvalue weighted by Gasteiger charge is 2.61. The van der Waals surface area contributed by atoms with Gasteiger partial charge in [-0.3, -0.25) is 0 Å². The number of epoxide rings is 1. The van der Waals surface area contributed by atoms with Crippen LogP contribution in [0.15, 0.2) is 11.1 Å². The van der Waals surface area contributed by atoms with Gasteiger partial charge in [0.05, 0.1) is 12.2 Å². The van der Waals surface area contributed by atoms with Gasteiger partial charge in [0.15, 0.2) is 0 Å². The number of rotatable bonds is 0. The fourth-order valence-corrected chi connectivity index (χ4v) is 6.35. The highest BCUT2D eigenvalue weighted by Crippen LogP contribution is 2.63. The molecular weight excluding hydrogens is 256 g/mol. The lowest BCUT2D eigenvalue weighted by Crippen LogP contribution is -2.47. The third-order valence-electron chi connectivity index (χ3n) is 7.99. The minimum absolute atomic E-state index is 0.302. The normalized spacial score (nSPS) is 48.6. The van der Waals surface area contributed by atoms with Crippen molar-refractivity contribution in [3.63, 3.8) is 0 Å². The van der Waals surface area contributed by atoms with Crippen LogP contribution in [-0.2, 0) is 4.74 Å². The Hall–Kier alpha value is -0.300. The van der Waals surface area contributed by atoms with Gasteiger partial charge in [0.25, 0.3) is 0 Å². The van der Waals surface area contributed by atoms with E-state index >= 15 is 0 Å². The molecule has 0 aromatic rings. The molecule has 0 aromatic carbocycles. The standard InChI is InChI=1S/C20H32O/c1-14-6-7-15-12-17-19(4,9-5-10-20(17)13-21-20)11-8-16(14)18(15,2)3/h15,17H,5-13H2,1-4H3/t15-,17-,19-,20-/m0/s1. The molecule has 1 aliphatic heterocycles. The van der Waals surface area contributed by atoms with Gasteiger partial charge in [0.2, 0.25) is 0 Å². The van der Waals surface area contributed by atoms with E-state index in [1.807, 2.05) is 5.57 Å². The molecule has 1 heterocycles. The quantitative estimate of drug-likeness (QED) is 0.423. The Bertz CT molecular complexity index is 482. The molecule has 2 saturated carbocycles. The third-order valence-corrected chi connectivity index (χ3v) is 7.99. The molecule has 0 aromatic heterocycles. The smallest absolute Gasteiger partial charge is 0.0949 e. The Morgan fingerprint density at radius 2 is 1.81 bits per heavy atom. The summed E-state index contributed by atoms with van der Waals surface area (Å²) in [7, 11) is 0. The minimum Gasteiger partial charge on any atom is -0.369 e. The molecule has 118 valence electrons. The first kappa shape index (κ1) is 14.3. The van der Waals surface area contributed by atoms with Crippen molar-refractivity contribution >= 4 is 0 Å². The largest absolute Gasteiger partial charge is 0.369 e. The van der Waals surface area contributed by atoms with Gasteiger partial charge >= 0.3 is 0 Å². The molecule has 0 radical (unpaired) electrons.